The number of aromatic nitrogens is 1. The number of carbonyl (C=O) groups is 1. The summed E-state index contributed by atoms with van der Waals surface area (Å²) in [4.78, 5) is 12.6. The molecule has 14 heavy (non-hydrogen) atoms. The van der Waals surface area contributed by atoms with Gasteiger partial charge in [0.15, 0.2) is 0 Å². The first-order valence-electron chi connectivity index (χ1n) is 3.83. The molecule has 0 unspecified atom stereocenters. The van der Waals surface area contributed by atoms with Crippen LogP contribution in [0.25, 0.3) is 0 Å². The zero-order valence-corrected chi connectivity index (χ0v) is 7.01. The first-order valence-corrected chi connectivity index (χ1v) is 3.83. The Kier molecular flexibility index (Phi) is 2.83. The van der Waals surface area contributed by atoms with Gasteiger partial charge in [0.2, 0.25) is 0 Å². The molecule has 0 saturated heterocycles. The van der Waals surface area contributed by atoms with Crippen LogP contribution in [0.15, 0.2) is 18.3 Å². The van der Waals surface area contributed by atoms with Gasteiger partial charge < -0.3 is 10.1 Å². The zero-order chi connectivity index (χ0) is 10.8. The number of aliphatic carboxylic acids is 1. The second kappa shape index (κ2) is 3.73. The molecule has 1 atom stereocenters. The molecule has 3 nitrogen and oxygen atoms in total. The molecule has 0 saturated carbocycles. The molecule has 0 aliphatic heterocycles. The van der Waals surface area contributed by atoms with Gasteiger partial charge in [-0.25, -0.2) is 0 Å². The first-order chi connectivity index (χ1) is 6.41. The Hall–Kier alpha value is -1.46. The average Bonchev–Trinajstić information content (AvgIpc) is 2.49. The third-order valence-corrected chi connectivity index (χ3v) is 1.77. The lowest BCUT2D eigenvalue weighted by molar-refractivity contribution is -0.163. The molecule has 1 rings (SSSR count). The molecular formula is C8H8F3NO2. The summed E-state index contributed by atoms with van der Waals surface area (Å²) in [5.41, 5.74) is -0.125. The summed E-state index contributed by atoms with van der Waals surface area (Å²) < 4.78 is 37.1. The Bertz CT molecular complexity index is 305. The van der Waals surface area contributed by atoms with Crippen molar-refractivity contribution in [1.29, 1.82) is 0 Å². The number of carboxylic acid groups (broad SMARTS) is 1. The van der Waals surface area contributed by atoms with E-state index in [1.54, 1.807) is 0 Å². The second-order valence-corrected chi connectivity index (χ2v) is 2.82. The molecule has 0 radical (unpaired) electrons. The van der Waals surface area contributed by atoms with Crippen molar-refractivity contribution in [3.05, 3.63) is 24.0 Å². The van der Waals surface area contributed by atoms with Gasteiger partial charge in [0.25, 0.3) is 0 Å². The maximum atomic E-state index is 12.4. The summed E-state index contributed by atoms with van der Waals surface area (Å²) in [6.45, 7) is 0. The van der Waals surface area contributed by atoms with Crippen molar-refractivity contribution in [3.63, 3.8) is 0 Å². The van der Waals surface area contributed by atoms with Crippen molar-refractivity contribution < 1.29 is 23.1 Å². The van der Waals surface area contributed by atoms with Crippen LogP contribution in [0, 0.1) is 0 Å². The van der Waals surface area contributed by atoms with E-state index >= 15 is 0 Å². The van der Waals surface area contributed by atoms with Crippen LogP contribution in [-0.4, -0.2) is 22.2 Å². The van der Waals surface area contributed by atoms with E-state index in [0.717, 1.165) is 0 Å². The molecule has 0 aromatic carbocycles. The van der Waals surface area contributed by atoms with Crippen LogP contribution in [0.2, 0.25) is 0 Å². The third kappa shape index (κ3) is 2.51. The number of halogens is 3. The number of carboxylic acids is 1. The lowest BCUT2D eigenvalue weighted by atomic mass is 10.0. The van der Waals surface area contributed by atoms with E-state index in [1.165, 1.54) is 18.3 Å². The largest absolute Gasteiger partial charge is 0.481 e. The zero-order valence-electron chi connectivity index (χ0n) is 7.01. The Labute approximate surface area is 77.6 Å². The van der Waals surface area contributed by atoms with E-state index in [1.807, 2.05) is 0 Å². The molecule has 1 aromatic heterocycles. The van der Waals surface area contributed by atoms with Gasteiger partial charge in [-0.15, -0.1) is 0 Å². The fourth-order valence-corrected chi connectivity index (χ4v) is 1.14. The molecule has 0 aliphatic carbocycles. The molecule has 0 aliphatic rings. The van der Waals surface area contributed by atoms with E-state index in [4.69, 9.17) is 5.11 Å². The smallest absolute Gasteiger partial charge is 0.397 e. The summed E-state index contributed by atoms with van der Waals surface area (Å²) in [5, 5.41) is 8.33. The molecule has 78 valence electrons. The Morgan fingerprint density at radius 2 is 2.21 bits per heavy atom. The number of rotatable bonds is 3. The van der Waals surface area contributed by atoms with Crippen LogP contribution >= 0.6 is 0 Å². The number of aromatic amines is 1. The molecular weight excluding hydrogens is 199 g/mol. The Balaban J connectivity index is 2.89. The number of H-pyrrole nitrogens is 1. The predicted octanol–water partition coefficient (Wildman–Crippen LogP) is 2.14. The van der Waals surface area contributed by atoms with Crippen molar-refractivity contribution in [3.8, 4) is 0 Å². The van der Waals surface area contributed by atoms with Gasteiger partial charge in [-0.05, 0) is 12.1 Å². The fraction of sp³-hybridized carbons (Fsp3) is 0.375. The number of hydrogen-bond donors (Lipinski definition) is 2. The average molecular weight is 207 g/mol. The minimum Gasteiger partial charge on any atom is -0.481 e. The van der Waals surface area contributed by atoms with Crippen molar-refractivity contribution in [2.45, 2.75) is 18.5 Å². The van der Waals surface area contributed by atoms with Crippen LogP contribution in [0.3, 0.4) is 0 Å². The van der Waals surface area contributed by atoms with E-state index in [-0.39, 0.29) is 5.69 Å². The summed E-state index contributed by atoms with van der Waals surface area (Å²) >= 11 is 0. The predicted molar refractivity (Wildman–Crippen MR) is 41.8 cm³/mol. The van der Waals surface area contributed by atoms with Crippen LogP contribution in [0.5, 0.6) is 0 Å². The van der Waals surface area contributed by atoms with E-state index < -0.39 is 24.5 Å². The van der Waals surface area contributed by atoms with Crippen LogP contribution in [-0.2, 0) is 4.79 Å². The van der Waals surface area contributed by atoms with E-state index in [2.05, 4.69) is 4.98 Å². The van der Waals surface area contributed by atoms with Crippen molar-refractivity contribution in [2.24, 2.45) is 0 Å². The van der Waals surface area contributed by atoms with E-state index in [9.17, 15) is 18.0 Å². The Morgan fingerprint density at radius 3 is 2.57 bits per heavy atom. The molecule has 1 aromatic rings. The van der Waals surface area contributed by atoms with Gasteiger partial charge in [0, 0.05) is 11.9 Å². The molecule has 1 heterocycles. The minimum absolute atomic E-state index is 0.125. The molecule has 6 heteroatoms. The molecule has 0 bridgehead atoms. The minimum atomic E-state index is -4.54. The monoisotopic (exact) mass is 207 g/mol. The fourth-order valence-electron chi connectivity index (χ4n) is 1.14. The lowest BCUT2D eigenvalue weighted by Crippen LogP contribution is -2.23. The van der Waals surface area contributed by atoms with Crippen LogP contribution < -0.4 is 0 Å². The summed E-state index contributed by atoms with van der Waals surface area (Å²) in [7, 11) is 0. The number of nitrogens with one attached hydrogen (secondary N) is 1. The molecule has 2 N–H and O–H groups in total. The van der Waals surface area contributed by atoms with Gasteiger partial charge in [-0.1, -0.05) is 0 Å². The van der Waals surface area contributed by atoms with Crippen molar-refractivity contribution >= 4 is 5.97 Å². The maximum absolute atomic E-state index is 12.4. The number of alkyl halides is 3. The number of hydrogen-bond acceptors (Lipinski definition) is 1. The van der Waals surface area contributed by atoms with Crippen LogP contribution in [0.1, 0.15) is 18.0 Å². The highest BCUT2D eigenvalue weighted by Gasteiger charge is 2.42. The van der Waals surface area contributed by atoms with Gasteiger partial charge in [-0.3, -0.25) is 4.79 Å². The topological polar surface area (TPSA) is 53.1 Å². The maximum Gasteiger partial charge on any atom is 0.397 e. The highest BCUT2D eigenvalue weighted by molar-refractivity contribution is 5.68. The van der Waals surface area contributed by atoms with Gasteiger partial charge in [0.05, 0.1) is 6.42 Å². The normalized spacial score (nSPS) is 13.9. The SMILES string of the molecule is O=C(O)C[C@@H](c1ccc[nH]1)C(F)(F)F. The van der Waals surface area contributed by atoms with Crippen molar-refractivity contribution in [2.75, 3.05) is 0 Å². The highest BCUT2D eigenvalue weighted by atomic mass is 19.4. The first kappa shape index (κ1) is 10.6. The van der Waals surface area contributed by atoms with Crippen molar-refractivity contribution in [1.82, 2.24) is 4.98 Å². The molecule has 0 fully saturated rings. The summed E-state index contributed by atoms with van der Waals surface area (Å²) in [6, 6.07) is 2.62. The quantitative estimate of drug-likeness (QED) is 0.797. The standard InChI is InChI=1S/C8H8F3NO2/c9-8(10,11)5(4-7(13)14)6-2-1-3-12-6/h1-3,5,12H,4H2,(H,13,14)/t5-/m0/s1. The summed E-state index contributed by atoms with van der Waals surface area (Å²) in [6.07, 6.45) is -4.16. The molecule has 0 amide bonds. The van der Waals surface area contributed by atoms with Gasteiger partial charge >= 0.3 is 12.1 Å². The van der Waals surface area contributed by atoms with Gasteiger partial charge in [-0.2, -0.15) is 13.2 Å². The van der Waals surface area contributed by atoms with E-state index in [0.29, 0.717) is 0 Å². The molecule has 0 spiro atoms. The third-order valence-electron chi connectivity index (χ3n) is 1.77. The summed E-state index contributed by atoms with van der Waals surface area (Å²) in [5.74, 6) is -3.43. The lowest BCUT2D eigenvalue weighted by Gasteiger charge is -2.16. The Morgan fingerprint density at radius 1 is 1.57 bits per heavy atom. The highest BCUT2D eigenvalue weighted by Crippen LogP contribution is 2.36. The van der Waals surface area contributed by atoms with Gasteiger partial charge in [0.1, 0.15) is 5.92 Å². The van der Waals surface area contributed by atoms with Crippen LogP contribution in [0.4, 0.5) is 13.2 Å². The second-order valence-electron chi connectivity index (χ2n) is 2.82.